The van der Waals surface area contributed by atoms with E-state index in [-0.39, 0.29) is 23.4 Å². The van der Waals surface area contributed by atoms with Crippen molar-refractivity contribution >= 4 is 55.1 Å². The number of hydrogen-bond donors (Lipinski definition) is 1. The Kier molecular flexibility index (Phi) is 10.4. The van der Waals surface area contributed by atoms with Gasteiger partial charge in [-0.15, -0.1) is 0 Å². The van der Waals surface area contributed by atoms with Crippen molar-refractivity contribution in [2.24, 2.45) is 0 Å². The summed E-state index contributed by atoms with van der Waals surface area (Å²) in [5, 5.41) is 3.46. The molecule has 0 unspecified atom stereocenters. The Morgan fingerprint density at radius 2 is 1.55 bits per heavy atom. The molecule has 0 heterocycles. The molecule has 7 nitrogen and oxygen atoms in total. The first-order valence-corrected chi connectivity index (χ1v) is 14.8. The smallest absolute Gasteiger partial charge is 0.264 e. The molecule has 0 bridgehead atoms. The zero-order valence-electron chi connectivity index (χ0n) is 21.5. The van der Waals surface area contributed by atoms with Gasteiger partial charge in [0.05, 0.1) is 10.6 Å². The average molecular weight is 621 g/mol. The fourth-order valence-electron chi connectivity index (χ4n) is 3.69. The van der Waals surface area contributed by atoms with Crippen LogP contribution in [0.2, 0.25) is 5.02 Å². The van der Waals surface area contributed by atoms with Crippen LogP contribution < -0.4 is 9.62 Å². The Morgan fingerprint density at radius 1 is 0.947 bits per heavy atom. The predicted molar refractivity (Wildman–Crippen MR) is 154 cm³/mol. The molecular formula is C28H31BrClN3O4S. The van der Waals surface area contributed by atoms with Crippen LogP contribution in [0.1, 0.15) is 32.8 Å². The summed E-state index contributed by atoms with van der Waals surface area (Å²) in [5.74, 6) is -0.836. The molecule has 202 valence electrons. The van der Waals surface area contributed by atoms with E-state index in [1.807, 2.05) is 13.8 Å². The second-order valence-corrected chi connectivity index (χ2v) is 12.2. The molecule has 0 fully saturated rings. The maximum absolute atomic E-state index is 13.8. The molecule has 0 aromatic heterocycles. The van der Waals surface area contributed by atoms with Crippen molar-refractivity contribution < 1.29 is 18.0 Å². The van der Waals surface area contributed by atoms with Crippen molar-refractivity contribution in [1.29, 1.82) is 0 Å². The zero-order valence-corrected chi connectivity index (χ0v) is 24.6. The third-order valence-corrected chi connectivity index (χ3v) is 8.73. The van der Waals surface area contributed by atoms with Crippen LogP contribution in [0.3, 0.4) is 0 Å². The van der Waals surface area contributed by atoms with Crippen molar-refractivity contribution in [2.75, 3.05) is 10.8 Å². The van der Waals surface area contributed by atoms with Gasteiger partial charge in [0.25, 0.3) is 10.0 Å². The standard InChI is InChI=1S/C28H31BrClN3O4S/c1-4-20(2)31-28(35)21(3)32(18-22-10-14-24(30)15-11-22)27(34)19-33(25-16-12-23(29)13-17-25)38(36,37)26-8-6-5-7-9-26/h5-17,20-21H,4,18-19H2,1-3H3,(H,31,35)/t20-,21+/m0/s1. The topological polar surface area (TPSA) is 86.8 Å². The third-order valence-electron chi connectivity index (χ3n) is 6.16. The fraction of sp³-hybridized carbons (Fsp3) is 0.286. The van der Waals surface area contributed by atoms with Crippen molar-refractivity contribution in [3.8, 4) is 0 Å². The van der Waals surface area contributed by atoms with E-state index in [9.17, 15) is 18.0 Å². The van der Waals surface area contributed by atoms with Gasteiger partial charge in [0.15, 0.2) is 0 Å². The van der Waals surface area contributed by atoms with E-state index in [0.29, 0.717) is 10.7 Å². The Balaban J connectivity index is 2.00. The number of rotatable bonds is 11. The summed E-state index contributed by atoms with van der Waals surface area (Å²) in [5.41, 5.74) is 1.08. The lowest BCUT2D eigenvalue weighted by Crippen LogP contribution is -2.52. The molecule has 0 saturated heterocycles. The molecule has 0 aliphatic rings. The normalized spacial score (nSPS) is 12.9. The molecule has 3 aromatic carbocycles. The number of amides is 2. The van der Waals surface area contributed by atoms with Gasteiger partial charge in [0.1, 0.15) is 12.6 Å². The summed E-state index contributed by atoms with van der Waals surface area (Å²) < 4.78 is 29.3. The number of hydrogen-bond acceptors (Lipinski definition) is 4. The maximum atomic E-state index is 13.8. The van der Waals surface area contributed by atoms with Crippen molar-refractivity contribution in [2.45, 2.75) is 50.7 Å². The molecule has 0 aliphatic heterocycles. The van der Waals surface area contributed by atoms with Gasteiger partial charge in [-0.3, -0.25) is 13.9 Å². The van der Waals surface area contributed by atoms with Gasteiger partial charge in [-0.25, -0.2) is 8.42 Å². The Bertz CT molecular complexity index is 1340. The second kappa shape index (κ2) is 13.3. The van der Waals surface area contributed by atoms with E-state index in [1.54, 1.807) is 73.7 Å². The SMILES string of the molecule is CC[C@H](C)NC(=O)[C@@H](C)N(Cc1ccc(Cl)cc1)C(=O)CN(c1ccc(Br)cc1)S(=O)(=O)c1ccccc1. The van der Waals surface area contributed by atoms with Gasteiger partial charge >= 0.3 is 0 Å². The molecule has 10 heteroatoms. The van der Waals surface area contributed by atoms with Crippen LogP contribution in [0.4, 0.5) is 5.69 Å². The van der Waals surface area contributed by atoms with E-state index in [4.69, 9.17) is 11.6 Å². The summed E-state index contributed by atoms with van der Waals surface area (Å²) in [4.78, 5) is 28.4. The number of nitrogens with one attached hydrogen (secondary N) is 1. The summed E-state index contributed by atoms with van der Waals surface area (Å²) in [6.07, 6.45) is 0.732. The van der Waals surface area contributed by atoms with Crippen molar-refractivity contribution in [1.82, 2.24) is 10.2 Å². The molecule has 0 saturated carbocycles. The van der Waals surface area contributed by atoms with E-state index in [1.165, 1.54) is 17.0 Å². The van der Waals surface area contributed by atoms with Gasteiger partial charge in [-0.1, -0.05) is 64.8 Å². The Hall–Kier alpha value is -2.88. The van der Waals surface area contributed by atoms with E-state index >= 15 is 0 Å². The summed E-state index contributed by atoms with van der Waals surface area (Å²) >= 11 is 9.40. The van der Waals surface area contributed by atoms with Crippen LogP contribution in [0, 0.1) is 0 Å². The van der Waals surface area contributed by atoms with E-state index in [2.05, 4.69) is 21.2 Å². The number of carbonyl (C=O) groups is 2. The van der Waals surface area contributed by atoms with Crippen molar-refractivity contribution in [3.05, 3.63) is 93.9 Å². The minimum atomic E-state index is -4.09. The van der Waals surface area contributed by atoms with Crippen LogP contribution in [0.25, 0.3) is 0 Å². The first kappa shape index (κ1) is 29.7. The molecule has 0 radical (unpaired) electrons. The number of halogens is 2. The molecule has 0 aliphatic carbocycles. The van der Waals surface area contributed by atoms with Crippen LogP contribution in [-0.4, -0.2) is 43.8 Å². The largest absolute Gasteiger partial charge is 0.352 e. The van der Waals surface area contributed by atoms with Gasteiger partial charge in [0.2, 0.25) is 11.8 Å². The van der Waals surface area contributed by atoms with Crippen LogP contribution in [0.15, 0.2) is 88.2 Å². The summed E-state index contributed by atoms with van der Waals surface area (Å²) in [6, 6.07) is 20.7. The van der Waals surface area contributed by atoms with Gasteiger partial charge in [0, 0.05) is 22.1 Å². The fourth-order valence-corrected chi connectivity index (χ4v) is 5.52. The summed E-state index contributed by atoms with van der Waals surface area (Å²) in [7, 11) is -4.09. The molecular weight excluding hydrogens is 590 g/mol. The first-order chi connectivity index (χ1) is 18.0. The number of carbonyl (C=O) groups excluding carboxylic acids is 2. The highest BCUT2D eigenvalue weighted by Gasteiger charge is 2.32. The highest BCUT2D eigenvalue weighted by atomic mass is 79.9. The molecule has 0 spiro atoms. The van der Waals surface area contributed by atoms with Crippen LogP contribution in [-0.2, 0) is 26.2 Å². The number of sulfonamides is 1. The monoisotopic (exact) mass is 619 g/mol. The lowest BCUT2D eigenvalue weighted by Gasteiger charge is -2.32. The highest BCUT2D eigenvalue weighted by Crippen LogP contribution is 2.26. The molecule has 1 N–H and O–H groups in total. The number of benzene rings is 3. The quantitative estimate of drug-likeness (QED) is 0.301. The minimum Gasteiger partial charge on any atom is -0.352 e. The average Bonchev–Trinajstić information content (AvgIpc) is 2.91. The predicted octanol–water partition coefficient (Wildman–Crippen LogP) is 5.63. The minimum absolute atomic E-state index is 0.0579. The molecule has 3 aromatic rings. The zero-order chi connectivity index (χ0) is 27.9. The lowest BCUT2D eigenvalue weighted by molar-refractivity contribution is -0.139. The molecule has 3 rings (SSSR count). The number of anilines is 1. The molecule has 38 heavy (non-hydrogen) atoms. The Morgan fingerprint density at radius 3 is 2.13 bits per heavy atom. The number of nitrogens with zero attached hydrogens (tertiary/aromatic N) is 2. The van der Waals surface area contributed by atoms with Crippen molar-refractivity contribution in [3.63, 3.8) is 0 Å². The van der Waals surface area contributed by atoms with Gasteiger partial charge in [-0.2, -0.15) is 0 Å². The third kappa shape index (κ3) is 7.58. The van der Waals surface area contributed by atoms with E-state index < -0.39 is 28.5 Å². The molecule has 2 atom stereocenters. The molecule has 2 amide bonds. The Labute approximate surface area is 238 Å². The second-order valence-electron chi connectivity index (χ2n) is 8.94. The van der Waals surface area contributed by atoms with Gasteiger partial charge in [-0.05, 0) is 74.4 Å². The maximum Gasteiger partial charge on any atom is 0.264 e. The highest BCUT2D eigenvalue weighted by molar-refractivity contribution is 9.10. The summed E-state index contributed by atoms with van der Waals surface area (Å²) in [6.45, 7) is 5.09. The van der Waals surface area contributed by atoms with Gasteiger partial charge < -0.3 is 10.2 Å². The lowest BCUT2D eigenvalue weighted by atomic mass is 10.1. The van der Waals surface area contributed by atoms with Crippen LogP contribution in [0.5, 0.6) is 0 Å². The van der Waals surface area contributed by atoms with Crippen LogP contribution >= 0.6 is 27.5 Å². The van der Waals surface area contributed by atoms with E-state index in [0.717, 1.165) is 20.8 Å². The first-order valence-electron chi connectivity index (χ1n) is 12.2.